The molecule has 0 aliphatic carbocycles. The normalized spacial score (nSPS) is 20.4. The van der Waals surface area contributed by atoms with E-state index in [9.17, 15) is 0 Å². The molecule has 3 nitrogen and oxygen atoms in total. The van der Waals surface area contributed by atoms with Gasteiger partial charge in [-0.25, -0.2) is 0 Å². The molecule has 0 amide bonds. The molecule has 106 valence electrons. The summed E-state index contributed by atoms with van der Waals surface area (Å²) < 4.78 is 10.7. The SMILES string of the molecule is CC(C)(CCc1ccccc1)NCC1CCOCO1. The summed E-state index contributed by atoms with van der Waals surface area (Å²) in [6.45, 7) is 6.68. The van der Waals surface area contributed by atoms with Crippen molar-refractivity contribution in [2.45, 2.75) is 44.8 Å². The molecule has 0 spiro atoms. The van der Waals surface area contributed by atoms with Gasteiger partial charge in [0.2, 0.25) is 0 Å². The maximum atomic E-state index is 5.55. The topological polar surface area (TPSA) is 30.5 Å². The molecule has 1 aromatic rings. The average Bonchev–Trinajstić information content (AvgIpc) is 2.46. The Labute approximate surface area is 116 Å². The predicted octanol–water partition coefficient (Wildman–Crippen LogP) is 2.75. The standard InChI is InChI=1S/C16H25NO2/c1-16(2,10-8-14-6-4-3-5-7-14)17-12-15-9-11-18-13-19-15/h3-7,15,17H,8-13H2,1-2H3. The molecule has 1 heterocycles. The summed E-state index contributed by atoms with van der Waals surface area (Å²) in [6.07, 6.45) is 3.52. The van der Waals surface area contributed by atoms with E-state index in [1.807, 2.05) is 0 Å². The fraction of sp³-hybridized carbons (Fsp3) is 0.625. The van der Waals surface area contributed by atoms with Crippen molar-refractivity contribution in [1.29, 1.82) is 0 Å². The molecule has 1 fully saturated rings. The fourth-order valence-electron chi connectivity index (χ4n) is 2.24. The van der Waals surface area contributed by atoms with E-state index in [2.05, 4.69) is 49.5 Å². The summed E-state index contributed by atoms with van der Waals surface area (Å²) >= 11 is 0. The average molecular weight is 263 g/mol. The van der Waals surface area contributed by atoms with Crippen LogP contribution in [0.25, 0.3) is 0 Å². The van der Waals surface area contributed by atoms with Crippen LogP contribution in [0.1, 0.15) is 32.3 Å². The Balaban J connectivity index is 1.71. The van der Waals surface area contributed by atoms with E-state index < -0.39 is 0 Å². The predicted molar refractivity (Wildman–Crippen MR) is 77.2 cm³/mol. The van der Waals surface area contributed by atoms with Crippen molar-refractivity contribution in [1.82, 2.24) is 5.32 Å². The lowest BCUT2D eigenvalue weighted by atomic mass is 9.95. The lowest BCUT2D eigenvalue weighted by molar-refractivity contribution is -0.138. The Morgan fingerprint density at radius 2 is 2.05 bits per heavy atom. The van der Waals surface area contributed by atoms with E-state index in [-0.39, 0.29) is 5.54 Å². The maximum Gasteiger partial charge on any atom is 0.147 e. The highest BCUT2D eigenvalue weighted by Crippen LogP contribution is 2.14. The Morgan fingerprint density at radius 1 is 1.26 bits per heavy atom. The highest BCUT2D eigenvalue weighted by molar-refractivity contribution is 5.15. The van der Waals surface area contributed by atoms with Crippen LogP contribution >= 0.6 is 0 Å². The monoisotopic (exact) mass is 263 g/mol. The van der Waals surface area contributed by atoms with Gasteiger partial charge in [-0.2, -0.15) is 0 Å². The molecule has 0 saturated carbocycles. The third kappa shape index (κ3) is 5.31. The van der Waals surface area contributed by atoms with Gasteiger partial charge in [0.05, 0.1) is 12.7 Å². The van der Waals surface area contributed by atoms with Crippen molar-refractivity contribution < 1.29 is 9.47 Å². The van der Waals surface area contributed by atoms with Gasteiger partial charge in [-0.1, -0.05) is 30.3 Å². The Bertz CT molecular complexity index is 358. The maximum absolute atomic E-state index is 5.55. The van der Waals surface area contributed by atoms with Crippen LogP contribution in [0.2, 0.25) is 0 Å². The van der Waals surface area contributed by atoms with Crippen molar-refractivity contribution in [3.05, 3.63) is 35.9 Å². The minimum atomic E-state index is 0.136. The first kappa shape index (κ1) is 14.5. The van der Waals surface area contributed by atoms with Gasteiger partial charge in [0.1, 0.15) is 6.79 Å². The van der Waals surface area contributed by atoms with Crippen LogP contribution < -0.4 is 5.32 Å². The molecule has 1 unspecified atom stereocenters. The smallest absolute Gasteiger partial charge is 0.147 e. The number of aryl methyl sites for hydroxylation is 1. The second-order valence-corrected chi connectivity index (χ2v) is 5.85. The lowest BCUT2D eigenvalue weighted by Gasteiger charge is -2.30. The van der Waals surface area contributed by atoms with Crippen LogP contribution in [0.4, 0.5) is 0 Å². The first-order valence-electron chi connectivity index (χ1n) is 7.14. The molecule has 0 bridgehead atoms. The number of hydrogen-bond donors (Lipinski definition) is 1. The molecular formula is C16H25NO2. The first-order valence-corrected chi connectivity index (χ1v) is 7.14. The third-order valence-electron chi connectivity index (χ3n) is 3.66. The Morgan fingerprint density at radius 3 is 2.74 bits per heavy atom. The molecule has 0 aromatic heterocycles. The highest BCUT2D eigenvalue weighted by Gasteiger charge is 2.20. The van der Waals surface area contributed by atoms with Crippen LogP contribution in [0.3, 0.4) is 0 Å². The van der Waals surface area contributed by atoms with Crippen LogP contribution in [0.15, 0.2) is 30.3 Å². The molecule has 1 saturated heterocycles. The summed E-state index contributed by atoms with van der Waals surface area (Å²) in [6, 6.07) is 10.7. The minimum Gasteiger partial charge on any atom is -0.355 e. The van der Waals surface area contributed by atoms with E-state index in [1.54, 1.807) is 0 Å². The van der Waals surface area contributed by atoms with Crippen molar-refractivity contribution >= 4 is 0 Å². The summed E-state index contributed by atoms with van der Waals surface area (Å²) in [5.74, 6) is 0. The van der Waals surface area contributed by atoms with E-state index in [4.69, 9.17) is 9.47 Å². The number of benzene rings is 1. The van der Waals surface area contributed by atoms with Gasteiger partial charge in [0, 0.05) is 12.1 Å². The second-order valence-electron chi connectivity index (χ2n) is 5.85. The Hall–Kier alpha value is -0.900. The molecule has 1 aliphatic heterocycles. The first-order chi connectivity index (χ1) is 9.16. The summed E-state index contributed by atoms with van der Waals surface area (Å²) in [5, 5.41) is 3.62. The molecule has 1 N–H and O–H groups in total. The van der Waals surface area contributed by atoms with Crippen LogP contribution in [0.5, 0.6) is 0 Å². The largest absolute Gasteiger partial charge is 0.355 e. The fourth-order valence-corrected chi connectivity index (χ4v) is 2.24. The van der Waals surface area contributed by atoms with Gasteiger partial charge in [-0.05, 0) is 38.7 Å². The van der Waals surface area contributed by atoms with Gasteiger partial charge in [0.25, 0.3) is 0 Å². The van der Waals surface area contributed by atoms with E-state index in [0.717, 1.165) is 32.4 Å². The molecule has 19 heavy (non-hydrogen) atoms. The molecule has 1 aliphatic rings. The zero-order valence-corrected chi connectivity index (χ0v) is 12.0. The van der Waals surface area contributed by atoms with E-state index >= 15 is 0 Å². The van der Waals surface area contributed by atoms with Crippen LogP contribution in [-0.4, -0.2) is 31.6 Å². The number of rotatable bonds is 6. The molecule has 2 rings (SSSR count). The second kappa shape index (κ2) is 7.04. The lowest BCUT2D eigenvalue weighted by Crippen LogP contribution is -2.45. The van der Waals surface area contributed by atoms with Crippen molar-refractivity contribution in [3.8, 4) is 0 Å². The quantitative estimate of drug-likeness (QED) is 0.856. The van der Waals surface area contributed by atoms with Gasteiger partial charge < -0.3 is 14.8 Å². The molecule has 1 atom stereocenters. The van der Waals surface area contributed by atoms with Gasteiger partial charge >= 0.3 is 0 Å². The summed E-state index contributed by atoms with van der Waals surface area (Å²) in [5.41, 5.74) is 1.54. The van der Waals surface area contributed by atoms with Gasteiger partial charge in [0.15, 0.2) is 0 Å². The molecular weight excluding hydrogens is 238 g/mol. The number of hydrogen-bond acceptors (Lipinski definition) is 3. The number of ether oxygens (including phenoxy) is 2. The van der Waals surface area contributed by atoms with Crippen LogP contribution in [-0.2, 0) is 15.9 Å². The summed E-state index contributed by atoms with van der Waals surface area (Å²) in [4.78, 5) is 0. The zero-order valence-electron chi connectivity index (χ0n) is 12.0. The zero-order chi connectivity index (χ0) is 13.6. The van der Waals surface area contributed by atoms with E-state index in [0.29, 0.717) is 12.9 Å². The van der Waals surface area contributed by atoms with Gasteiger partial charge in [-0.3, -0.25) is 0 Å². The molecule has 1 aromatic carbocycles. The van der Waals surface area contributed by atoms with E-state index in [1.165, 1.54) is 5.56 Å². The molecule has 3 heteroatoms. The van der Waals surface area contributed by atoms with Crippen LogP contribution in [0, 0.1) is 0 Å². The van der Waals surface area contributed by atoms with Crippen molar-refractivity contribution in [3.63, 3.8) is 0 Å². The van der Waals surface area contributed by atoms with Crippen molar-refractivity contribution in [2.24, 2.45) is 0 Å². The number of nitrogens with one attached hydrogen (secondary N) is 1. The van der Waals surface area contributed by atoms with Crippen molar-refractivity contribution in [2.75, 3.05) is 19.9 Å². The highest BCUT2D eigenvalue weighted by atomic mass is 16.7. The van der Waals surface area contributed by atoms with Gasteiger partial charge in [-0.15, -0.1) is 0 Å². The summed E-state index contributed by atoms with van der Waals surface area (Å²) in [7, 11) is 0. The minimum absolute atomic E-state index is 0.136. The molecule has 0 radical (unpaired) electrons. The third-order valence-corrected chi connectivity index (χ3v) is 3.66. The Kier molecular flexibility index (Phi) is 5.37.